The molecule has 2 aliphatic rings. The molecule has 1 aliphatic carbocycles. The molecular formula is C46H34N2OS. The molecule has 10 rings (SSSR count). The fourth-order valence-corrected chi connectivity index (χ4v) is 9.02. The van der Waals surface area contributed by atoms with Gasteiger partial charge in [0.15, 0.2) is 0 Å². The average molecular weight is 663 g/mol. The number of ether oxygens (including phenoxy) is 1. The number of hydrogen-bond donors (Lipinski definition) is 1. The van der Waals surface area contributed by atoms with Crippen LogP contribution in [0.25, 0.3) is 48.1 Å². The Morgan fingerprint density at radius 1 is 0.600 bits per heavy atom. The second kappa shape index (κ2) is 11.5. The number of benzene rings is 7. The fraction of sp³-hybridized carbons (Fsp3) is 0.0870. The smallest absolute Gasteiger partial charge is 0.136 e. The van der Waals surface area contributed by atoms with Crippen LogP contribution in [0.2, 0.25) is 0 Å². The number of nitrogens with one attached hydrogen (secondary N) is 1. The lowest BCUT2D eigenvalue weighted by atomic mass is 9.80. The Kier molecular flexibility index (Phi) is 6.78. The quantitative estimate of drug-likeness (QED) is 0.198. The van der Waals surface area contributed by atoms with Gasteiger partial charge in [-0.1, -0.05) is 127 Å². The van der Waals surface area contributed by atoms with E-state index >= 15 is 0 Å². The molecule has 1 aliphatic heterocycles. The number of fused-ring (bicyclic) bond motifs is 8. The van der Waals surface area contributed by atoms with E-state index in [1.165, 1.54) is 53.2 Å². The number of rotatable bonds is 5. The lowest BCUT2D eigenvalue weighted by molar-refractivity contribution is 0.0315. The Bertz CT molecular complexity index is 2570. The number of hydrogen-bond acceptors (Lipinski definition) is 4. The molecule has 240 valence electrons. The van der Waals surface area contributed by atoms with E-state index in [-0.39, 0.29) is 17.9 Å². The summed E-state index contributed by atoms with van der Waals surface area (Å²) in [5, 5.41) is 8.83. The standard InChI is InChI=1S/C46H34N2OS/c1-46-27-26-33-17-16-32-20-23-36(28-40(32)43(33)44(46)49-45(47-46)34-12-6-3-7-13-34)48(35-21-18-31(19-22-35)30-10-4-2-5-11-30)37-24-25-39-38-14-8-9-15-41(38)50-42(39)29-37/h2-29,44-45,47H,1H3. The first kappa shape index (κ1) is 29.4. The third kappa shape index (κ3) is 4.79. The van der Waals surface area contributed by atoms with Crippen LogP contribution in [0, 0.1) is 0 Å². The third-order valence-corrected chi connectivity index (χ3v) is 11.6. The molecule has 3 atom stereocenters. The Hall–Kier alpha value is -5.52. The van der Waals surface area contributed by atoms with E-state index in [0.29, 0.717) is 0 Å². The summed E-state index contributed by atoms with van der Waals surface area (Å²) < 4.78 is 9.51. The first-order chi connectivity index (χ1) is 24.6. The largest absolute Gasteiger partial charge is 0.349 e. The summed E-state index contributed by atoms with van der Waals surface area (Å²) >= 11 is 1.86. The fourth-order valence-electron chi connectivity index (χ4n) is 7.88. The van der Waals surface area contributed by atoms with Crippen LogP contribution in [0.15, 0.2) is 164 Å². The maximum absolute atomic E-state index is 6.92. The van der Waals surface area contributed by atoms with Crippen molar-refractivity contribution in [1.82, 2.24) is 5.32 Å². The van der Waals surface area contributed by atoms with Gasteiger partial charge in [0.25, 0.3) is 0 Å². The van der Waals surface area contributed by atoms with Gasteiger partial charge in [0.1, 0.15) is 12.3 Å². The van der Waals surface area contributed by atoms with Gasteiger partial charge >= 0.3 is 0 Å². The van der Waals surface area contributed by atoms with Gasteiger partial charge in [0.05, 0.1) is 5.54 Å². The summed E-state index contributed by atoms with van der Waals surface area (Å²) in [7, 11) is 0. The van der Waals surface area contributed by atoms with Crippen LogP contribution in [0.1, 0.15) is 35.9 Å². The molecule has 0 spiro atoms. The second-order valence-corrected chi connectivity index (χ2v) is 14.7. The van der Waals surface area contributed by atoms with Gasteiger partial charge in [0, 0.05) is 37.2 Å². The molecule has 0 bridgehead atoms. The molecular weight excluding hydrogens is 629 g/mol. The molecule has 50 heavy (non-hydrogen) atoms. The van der Waals surface area contributed by atoms with Gasteiger partial charge in [-0.05, 0) is 88.0 Å². The predicted molar refractivity (Wildman–Crippen MR) is 211 cm³/mol. The van der Waals surface area contributed by atoms with E-state index < -0.39 is 0 Å². The van der Waals surface area contributed by atoms with Crippen molar-refractivity contribution in [3.63, 3.8) is 0 Å². The first-order valence-corrected chi connectivity index (χ1v) is 18.0. The first-order valence-electron chi connectivity index (χ1n) is 17.2. The number of nitrogens with zero attached hydrogens (tertiary/aromatic N) is 1. The molecule has 8 aromatic rings. The molecule has 3 unspecified atom stereocenters. The molecule has 0 amide bonds. The molecule has 4 heteroatoms. The van der Waals surface area contributed by atoms with E-state index in [0.717, 1.165) is 22.6 Å². The van der Waals surface area contributed by atoms with Crippen LogP contribution in [-0.2, 0) is 4.74 Å². The summed E-state index contributed by atoms with van der Waals surface area (Å²) in [6, 6.07) is 57.0. The SMILES string of the molecule is CC12C=Cc3ccc4ccc(N(c5ccc(-c6ccccc6)cc5)c5ccc6c(c5)sc5ccccc56)cc4c3C1OC(c1ccccc1)N2. The zero-order valence-electron chi connectivity index (χ0n) is 27.6. The highest BCUT2D eigenvalue weighted by Crippen LogP contribution is 2.50. The molecule has 1 aromatic heterocycles. The van der Waals surface area contributed by atoms with Crippen molar-refractivity contribution < 1.29 is 4.74 Å². The summed E-state index contributed by atoms with van der Waals surface area (Å²) in [6.07, 6.45) is 4.21. The molecule has 0 saturated carbocycles. The summed E-state index contributed by atoms with van der Waals surface area (Å²) in [4.78, 5) is 2.40. The minimum atomic E-state index is -0.336. The predicted octanol–water partition coefficient (Wildman–Crippen LogP) is 12.5. The normalized spacial score (nSPS) is 19.5. The van der Waals surface area contributed by atoms with E-state index in [9.17, 15) is 0 Å². The lowest BCUT2D eigenvalue weighted by Crippen LogP contribution is -2.40. The Balaban J connectivity index is 1.13. The number of thiophene rings is 1. The third-order valence-electron chi connectivity index (χ3n) is 10.4. The number of anilines is 3. The minimum absolute atomic E-state index is 0.139. The van der Waals surface area contributed by atoms with Crippen molar-refractivity contribution in [2.24, 2.45) is 0 Å². The topological polar surface area (TPSA) is 24.5 Å². The van der Waals surface area contributed by atoms with Crippen molar-refractivity contribution in [2.75, 3.05) is 4.90 Å². The molecule has 2 heterocycles. The highest BCUT2D eigenvalue weighted by Gasteiger charge is 2.47. The maximum atomic E-state index is 6.92. The van der Waals surface area contributed by atoms with Crippen LogP contribution < -0.4 is 10.2 Å². The zero-order valence-corrected chi connectivity index (χ0v) is 28.4. The van der Waals surface area contributed by atoms with Gasteiger partial charge in [0.2, 0.25) is 0 Å². The molecule has 1 N–H and O–H groups in total. The van der Waals surface area contributed by atoms with E-state index in [4.69, 9.17) is 4.74 Å². The van der Waals surface area contributed by atoms with Crippen LogP contribution in [0.3, 0.4) is 0 Å². The van der Waals surface area contributed by atoms with Crippen molar-refractivity contribution in [2.45, 2.75) is 24.8 Å². The van der Waals surface area contributed by atoms with Crippen LogP contribution in [0.5, 0.6) is 0 Å². The van der Waals surface area contributed by atoms with Gasteiger partial charge in [-0.3, -0.25) is 5.32 Å². The molecule has 3 nitrogen and oxygen atoms in total. The summed E-state index contributed by atoms with van der Waals surface area (Å²) in [5.41, 5.74) is 9.02. The van der Waals surface area contributed by atoms with Gasteiger partial charge in [-0.2, -0.15) is 0 Å². The minimum Gasteiger partial charge on any atom is -0.349 e. The van der Waals surface area contributed by atoms with E-state index in [2.05, 4.69) is 187 Å². The summed E-state index contributed by atoms with van der Waals surface area (Å²) in [6.45, 7) is 2.25. The second-order valence-electron chi connectivity index (χ2n) is 13.6. The Morgan fingerprint density at radius 2 is 1.26 bits per heavy atom. The van der Waals surface area contributed by atoms with Crippen molar-refractivity contribution in [3.8, 4) is 11.1 Å². The van der Waals surface area contributed by atoms with Crippen molar-refractivity contribution >= 4 is 65.4 Å². The van der Waals surface area contributed by atoms with Crippen molar-refractivity contribution in [1.29, 1.82) is 0 Å². The van der Waals surface area contributed by atoms with Gasteiger partial charge in [-0.25, -0.2) is 0 Å². The Labute approximate surface area is 295 Å². The van der Waals surface area contributed by atoms with Crippen LogP contribution in [0.4, 0.5) is 17.1 Å². The van der Waals surface area contributed by atoms with E-state index in [1.54, 1.807) is 0 Å². The average Bonchev–Trinajstić information content (AvgIpc) is 3.73. The highest BCUT2D eigenvalue weighted by atomic mass is 32.1. The molecule has 7 aromatic carbocycles. The van der Waals surface area contributed by atoms with Gasteiger partial charge in [-0.15, -0.1) is 11.3 Å². The van der Waals surface area contributed by atoms with Crippen LogP contribution >= 0.6 is 11.3 Å². The van der Waals surface area contributed by atoms with Crippen LogP contribution in [-0.4, -0.2) is 5.54 Å². The van der Waals surface area contributed by atoms with Gasteiger partial charge < -0.3 is 9.64 Å². The van der Waals surface area contributed by atoms with Crippen molar-refractivity contribution in [3.05, 3.63) is 180 Å². The summed E-state index contributed by atoms with van der Waals surface area (Å²) in [5.74, 6) is 0. The molecule has 1 saturated heterocycles. The highest BCUT2D eigenvalue weighted by molar-refractivity contribution is 7.25. The Morgan fingerprint density at radius 3 is 2.10 bits per heavy atom. The van der Waals surface area contributed by atoms with E-state index in [1.807, 2.05) is 11.3 Å². The monoisotopic (exact) mass is 662 g/mol. The molecule has 0 radical (unpaired) electrons. The lowest BCUT2D eigenvalue weighted by Gasteiger charge is -2.33. The zero-order chi connectivity index (χ0) is 33.2. The molecule has 1 fully saturated rings. The maximum Gasteiger partial charge on any atom is 0.136 e.